The van der Waals surface area contributed by atoms with Crippen LogP contribution in [0.5, 0.6) is 0 Å². The summed E-state index contributed by atoms with van der Waals surface area (Å²) in [5.74, 6) is 2.43. The maximum Gasteiger partial charge on any atom is 0.169 e. The molecule has 2 aliphatic rings. The van der Waals surface area contributed by atoms with E-state index in [1.807, 2.05) is 36.4 Å². The minimum absolute atomic E-state index is 0.303. The maximum absolute atomic E-state index is 5.01. The molecule has 0 bridgehead atoms. The largest absolute Gasteiger partial charge is 0.324 e. The standard InChI is InChI=1S/C30H25N3/c1-3-9-22(10-4-1)28-31-29(23-11-5-2-6-12-23)33-30(32-28)27-16-8-15-26(20-27)25-14-7-13-24(19-25)21-17-18-21/h1-16,19-21,30H,17-18H2,(H,31,32,33). The molecule has 6 rings (SSSR count). The molecule has 0 spiro atoms. The van der Waals surface area contributed by atoms with Gasteiger partial charge in [0.1, 0.15) is 11.7 Å². The lowest BCUT2D eigenvalue weighted by molar-refractivity contribution is 0.756. The van der Waals surface area contributed by atoms with Crippen LogP contribution in [-0.2, 0) is 0 Å². The minimum Gasteiger partial charge on any atom is -0.324 e. The van der Waals surface area contributed by atoms with Crippen molar-refractivity contribution < 1.29 is 0 Å². The first-order valence-corrected chi connectivity index (χ1v) is 11.6. The van der Waals surface area contributed by atoms with Gasteiger partial charge < -0.3 is 5.32 Å². The molecule has 0 atom stereocenters. The summed E-state index contributed by atoms with van der Waals surface area (Å²) >= 11 is 0. The monoisotopic (exact) mass is 427 g/mol. The summed E-state index contributed by atoms with van der Waals surface area (Å²) in [4.78, 5) is 10.0. The summed E-state index contributed by atoms with van der Waals surface area (Å²) in [5.41, 5.74) is 7.12. The van der Waals surface area contributed by atoms with Gasteiger partial charge in [0, 0.05) is 11.1 Å². The van der Waals surface area contributed by atoms with Crippen LogP contribution in [0, 0.1) is 0 Å². The third-order valence-corrected chi connectivity index (χ3v) is 6.29. The van der Waals surface area contributed by atoms with Crippen molar-refractivity contribution in [1.82, 2.24) is 5.32 Å². The summed E-state index contributed by atoms with van der Waals surface area (Å²) in [6, 6.07) is 38.2. The fourth-order valence-electron chi connectivity index (χ4n) is 4.35. The number of benzene rings is 4. The Labute approximate surface area is 194 Å². The molecular formula is C30H25N3. The first-order chi connectivity index (χ1) is 16.3. The zero-order valence-corrected chi connectivity index (χ0v) is 18.4. The number of hydrogen-bond acceptors (Lipinski definition) is 3. The van der Waals surface area contributed by atoms with Crippen molar-refractivity contribution in [2.24, 2.45) is 9.98 Å². The Morgan fingerprint density at radius 2 is 1.00 bits per heavy atom. The summed E-state index contributed by atoms with van der Waals surface area (Å²) in [6.07, 6.45) is 2.32. The van der Waals surface area contributed by atoms with Crippen LogP contribution in [0.25, 0.3) is 11.1 Å². The van der Waals surface area contributed by atoms with Crippen LogP contribution >= 0.6 is 0 Å². The van der Waals surface area contributed by atoms with Crippen LogP contribution in [0.4, 0.5) is 0 Å². The molecule has 1 heterocycles. The van der Waals surface area contributed by atoms with E-state index in [0.717, 1.165) is 34.3 Å². The number of nitrogens with one attached hydrogen (secondary N) is 1. The maximum atomic E-state index is 5.01. The van der Waals surface area contributed by atoms with E-state index in [1.54, 1.807) is 0 Å². The minimum atomic E-state index is -0.303. The predicted molar refractivity (Wildman–Crippen MR) is 136 cm³/mol. The highest BCUT2D eigenvalue weighted by molar-refractivity contribution is 6.15. The molecule has 0 aromatic heterocycles. The summed E-state index contributed by atoms with van der Waals surface area (Å²) in [7, 11) is 0. The lowest BCUT2D eigenvalue weighted by atomic mass is 9.98. The van der Waals surface area contributed by atoms with Gasteiger partial charge in [-0.05, 0) is 47.1 Å². The van der Waals surface area contributed by atoms with Crippen molar-refractivity contribution in [3.05, 3.63) is 131 Å². The van der Waals surface area contributed by atoms with Gasteiger partial charge in [-0.2, -0.15) is 0 Å². The summed E-state index contributed by atoms with van der Waals surface area (Å²) in [6.45, 7) is 0. The van der Waals surface area contributed by atoms with Crippen molar-refractivity contribution in [3.8, 4) is 11.1 Å². The van der Waals surface area contributed by atoms with Gasteiger partial charge in [-0.3, -0.25) is 0 Å². The van der Waals surface area contributed by atoms with Gasteiger partial charge in [0.15, 0.2) is 6.17 Å². The van der Waals surface area contributed by atoms with Crippen LogP contribution in [0.3, 0.4) is 0 Å². The fourth-order valence-corrected chi connectivity index (χ4v) is 4.35. The Bertz CT molecular complexity index is 1280. The SMILES string of the molecule is c1ccc(C2=NC(c3cccc(-c4cccc(C5CC5)c4)c3)N=C(c3ccccc3)N2)cc1. The number of nitrogens with zero attached hydrogens (tertiary/aromatic N) is 2. The van der Waals surface area contributed by atoms with E-state index in [9.17, 15) is 0 Å². The lowest BCUT2D eigenvalue weighted by Crippen LogP contribution is -2.35. The molecule has 4 aromatic carbocycles. The molecule has 1 fully saturated rings. The molecule has 1 aliphatic carbocycles. The molecule has 3 heteroatoms. The van der Waals surface area contributed by atoms with Crippen molar-refractivity contribution in [1.29, 1.82) is 0 Å². The second-order valence-corrected chi connectivity index (χ2v) is 8.71. The first-order valence-electron chi connectivity index (χ1n) is 11.6. The van der Waals surface area contributed by atoms with Gasteiger partial charge in [-0.1, -0.05) is 103 Å². The summed E-state index contributed by atoms with van der Waals surface area (Å²) < 4.78 is 0. The topological polar surface area (TPSA) is 36.8 Å². The Morgan fingerprint density at radius 3 is 1.55 bits per heavy atom. The number of hydrogen-bond donors (Lipinski definition) is 1. The summed E-state index contributed by atoms with van der Waals surface area (Å²) in [5, 5.41) is 3.46. The van der Waals surface area contributed by atoms with E-state index >= 15 is 0 Å². The van der Waals surface area contributed by atoms with Crippen LogP contribution in [0.15, 0.2) is 119 Å². The van der Waals surface area contributed by atoms with Crippen LogP contribution in [0.1, 0.15) is 47.2 Å². The predicted octanol–water partition coefficient (Wildman–Crippen LogP) is 6.73. The first kappa shape index (κ1) is 19.7. The highest BCUT2D eigenvalue weighted by Crippen LogP contribution is 2.41. The third kappa shape index (κ3) is 4.22. The highest BCUT2D eigenvalue weighted by Gasteiger charge is 2.24. The quantitative estimate of drug-likeness (QED) is 0.377. The lowest BCUT2D eigenvalue weighted by Gasteiger charge is -2.22. The van der Waals surface area contributed by atoms with E-state index in [-0.39, 0.29) is 6.17 Å². The average Bonchev–Trinajstić information content (AvgIpc) is 3.76. The Balaban J connectivity index is 1.40. The van der Waals surface area contributed by atoms with Crippen LogP contribution in [-0.4, -0.2) is 11.7 Å². The van der Waals surface area contributed by atoms with E-state index in [1.165, 1.54) is 29.5 Å². The zero-order valence-electron chi connectivity index (χ0n) is 18.4. The van der Waals surface area contributed by atoms with Gasteiger partial charge in [0.2, 0.25) is 0 Å². The molecule has 0 amide bonds. The second kappa shape index (κ2) is 8.51. The Kier molecular flexibility index (Phi) is 5.08. The third-order valence-electron chi connectivity index (χ3n) is 6.29. The fraction of sp³-hybridized carbons (Fsp3) is 0.133. The zero-order chi connectivity index (χ0) is 22.0. The molecule has 1 N–H and O–H groups in total. The van der Waals surface area contributed by atoms with Crippen molar-refractivity contribution >= 4 is 11.7 Å². The number of rotatable bonds is 5. The van der Waals surface area contributed by atoms with E-state index in [0.29, 0.717) is 0 Å². The molecule has 3 nitrogen and oxygen atoms in total. The van der Waals surface area contributed by atoms with Gasteiger partial charge in [-0.25, -0.2) is 9.98 Å². The Hall–Kier alpha value is -3.98. The van der Waals surface area contributed by atoms with E-state index < -0.39 is 0 Å². The molecule has 1 saturated carbocycles. The molecule has 1 aliphatic heterocycles. The molecular weight excluding hydrogens is 402 g/mol. The smallest absolute Gasteiger partial charge is 0.169 e. The van der Waals surface area contributed by atoms with Crippen molar-refractivity contribution in [2.45, 2.75) is 24.9 Å². The van der Waals surface area contributed by atoms with Crippen LogP contribution < -0.4 is 5.32 Å². The Morgan fingerprint density at radius 1 is 0.515 bits per heavy atom. The van der Waals surface area contributed by atoms with Gasteiger partial charge >= 0.3 is 0 Å². The highest BCUT2D eigenvalue weighted by atomic mass is 15.2. The van der Waals surface area contributed by atoms with E-state index in [2.05, 4.69) is 78.1 Å². The van der Waals surface area contributed by atoms with Gasteiger partial charge in [0.05, 0.1) is 0 Å². The number of aliphatic imine (C=N–C) groups is 2. The molecule has 0 radical (unpaired) electrons. The molecule has 160 valence electrons. The average molecular weight is 428 g/mol. The van der Waals surface area contributed by atoms with E-state index in [4.69, 9.17) is 9.98 Å². The van der Waals surface area contributed by atoms with Crippen molar-refractivity contribution in [3.63, 3.8) is 0 Å². The number of amidine groups is 2. The molecule has 0 saturated heterocycles. The normalized spacial score (nSPS) is 16.0. The van der Waals surface area contributed by atoms with Gasteiger partial charge in [-0.15, -0.1) is 0 Å². The molecule has 4 aromatic rings. The van der Waals surface area contributed by atoms with Crippen LogP contribution in [0.2, 0.25) is 0 Å². The second-order valence-electron chi connectivity index (χ2n) is 8.71. The molecule has 33 heavy (non-hydrogen) atoms. The molecule has 0 unspecified atom stereocenters. The van der Waals surface area contributed by atoms with Gasteiger partial charge in [0.25, 0.3) is 0 Å². The van der Waals surface area contributed by atoms with Crippen molar-refractivity contribution in [2.75, 3.05) is 0 Å².